The molecule has 24 heavy (non-hydrogen) atoms. The molecule has 0 heterocycles. The summed E-state index contributed by atoms with van der Waals surface area (Å²) >= 11 is 0. The molecule has 0 saturated heterocycles. The van der Waals surface area contributed by atoms with Gasteiger partial charge in [0, 0.05) is 22.8 Å². The first-order valence-electron chi connectivity index (χ1n) is 6.61. The van der Waals surface area contributed by atoms with Crippen molar-refractivity contribution in [3.05, 3.63) is 59.9 Å². The zero-order valence-electron chi connectivity index (χ0n) is 12.4. The molecular weight excluding hydrogens is 325 g/mol. The van der Waals surface area contributed by atoms with Crippen LogP contribution < -0.4 is 9.47 Å². The van der Waals surface area contributed by atoms with Crippen molar-refractivity contribution in [3.63, 3.8) is 0 Å². The predicted molar refractivity (Wildman–Crippen MR) is 78.9 cm³/mol. The maximum absolute atomic E-state index is 14.2. The van der Waals surface area contributed by atoms with Crippen molar-refractivity contribution < 1.29 is 32.2 Å². The monoisotopic (exact) mass is 336 g/mol. The van der Waals surface area contributed by atoms with Gasteiger partial charge >= 0.3 is 5.97 Å². The van der Waals surface area contributed by atoms with Crippen molar-refractivity contribution in [2.24, 2.45) is 0 Å². The summed E-state index contributed by atoms with van der Waals surface area (Å²) < 4.78 is 51.3. The van der Waals surface area contributed by atoms with Gasteiger partial charge in [-0.3, -0.25) is 4.79 Å². The smallest absolute Gasteiger partial charge is 0.338 e. The summed E-state index contributed by atoms with van der Waals surface area (Å²) in [6.07, 6.45) is 0. The number of hydrogen-bond acceptors (Lipinski definition) is 4. The third-order valence-electron chi connectivity index (χ3n) is 3.01. The second-order valence-corrected chi connectivity index (χ2v) is 4.76. The Morgan fingerprint density at radius 2 is 1.75 bits per heavy atom. The Morgan fingerprint density at radius 3 is 2.33 bits per heavy atom. The number of hydrogen-bond donors (Lipinski definition) is 0. The van der Waals surface area contributed by atoms with Crippen molar-refractivity contribution >= 4 is 12.4 Å². The molecule has 0 aliphatic heterocycles. The minimum Gasteiger partial charge on any atom is -0.429 e. The molecule has 0 N–H and O–H groups in total. The average molecular weight is 336 g/mol. The van der Waals surface area contributed by atoms with Gasteiger partial charge < -0.3 is 9.47 Å². The van der Waals surface area contributed by atoms with Crippen LogP contribution in [0.5, 0.6) is 11.5 Å². The van der Waals surface area contributed by atoms with Gasteiger partial charge in [0.1, 0.15) is 11.6 Å². The van der Waals surface area contributed by atoms with Crippen LogP contribution in [0.4, 0.5) is 13.2 Å². The Labute approximate surface area is 135 Å². The second kappa shape index (κ2) is 6.99. The minimum absolute atomic E-state index is 0.00990. The van der Waals surface area contributed by atoms with E-state index < -0.39 is 29.2 Å². The molecule has 2 aromatic rings. The number of benzene rings is 2. The third kappa shape index (κ3) is 3.45. The zero-order valence-corrected chi connectivity index (χ0v) is 12.4. The van der Waals surface area contributed by atoms with Crippen LogP contribution in [0.3, 0.4) is 0 Å². The number of carbonyl (C=O) groups excluding carboxylic acids is 2. The molecule has 4 nitrogen and oxygen atoms in total. The van der Waals surface area contributed by atoms with Gasteiger partial charge in [-0.05, 0) is 31.2 Å². The lowest BCUT2D eigenvalue weighted by atomic mass is 10.0. The molecule has 0 aliphatic carbocycles. The van der Waals surface area contributed by atoms with E-state index >= 15 is 0 Å². The summed E-state index contributed by atoms with van der Waals surface area (Å²) in [5.74, 6) is -5.37. The van der Waals surface area contributed by atoms with Gasteiger partial charge in [0.15, 0.2) is 11.6 Å². The molecule has 124 valence electrons. The molecule has 0 spiro atoms. The predicted octanol–water partition coefficient (Wildman–Crippen LogP) is 3.79. The molecule has 0 atom stereocenters. The molecule has 7 heteroatoms. The number of ether oxygens (including phenoxy) is 2. The van der Waals surface area contributed by atoms with E-state index in [0.717, 1.165) is 24.3 Å². The molecule has 0 aliphatic rings. The van der Waals surface area contributed by atoms with E-state index in [0.29, 0.717) is 0 Å². The van der Waals surface area contributed by atoms with Crippen molar-refractivity contribution in [1.29, 1.82) is 0 Å². The molecule has 0 aromatic heterocycles. The van der Waals surface area contributed by atoms with Gasteiger partial charge in [-0.1, -0.05) is 6.58 Å². The van der Waals surface area contributed by atoms with Gasteiger partial charge in [0.25, 0.3) is 6.47 Å². The Morgan fingerprint density at radius 1 is 1.08 bits per heavy atom. The number of esters is 1. The van der Waals surface area contributed by atoms with Crippen LogP contribution >= 0.6 is 0 Å². The molecule has 0 unspecified atom stereocenters. The van der Waals surface area contributed by atoms with E-state index in [1.807, 2.05) is 0 Å². The third-order valence-corrected chi connectivity index (χ3v) is 3.01. The maximum atomic E-state index is 14.2. The summed E-state index contributed by atoms with van der Waals surface area (Å²) in [4.78, 5) is 21.6. The average Bonchev–Trinajstić information content (AvgIpc) is 2.53. The van der Waals surface area contributed by atoms with E-state index in [-0.39, 0.29) is 28.9 Å². The van der Waals surface area contributed by atoms with Crippen LogP contribution in [0.1, 0.15) is 6.92 Å². The number of rotatable bonds is 5. The van der Waals surface area contributed by atoms with E-state index in [9.17, 15) is 22.8 Å². The molecule has 0 saturated carbocycles. The van der Waals surface area contributed by atoms with Crippen molar-refractivity contribution in [2.75, 3.05) is 0 Å². The Hall–Kier alpha value is -3.09. The highest BCUT2D eigenvalue weighted by molar-refractivity contribution is 5.88. The molecule has 0 radical (unpaired) electrons. The topological polar surface area (TPSA) is 52.6 Å². The van der Waals surface area contributed by atoms with E-state index in [1.54, 1.807) is 0 Å². The molecule has 0 fully saturated rings. The molecule has 0 amide bonds. The van der Waals surface area contributed by atoms with Gasteiger partial charge in [-0.2, -0.15) is 4.39 Å². The summed E-state index contributed by atoms with van der Waals surface area (Å²) in [6.45, 7) is 4.79. The maximum Gasteiger partial charge on any atom is 0.338 e. The van der Waals surface area contributed by atoms with Crippen LogP contribution in [0.2, 0.25) is 0 Å². The zero-order chi connectivity index (χ0) is 17.9. The first kappa shape index (κ1) is 17.3. The summed E-state index contributed by atoms with van der Waals surface area (Å²) in [5, 5.41) is 0. The van der Waals surface area contributed by atoms with Gasteiger partial charge in [-0.25, -0.2) is 13.6 Å². The van der Waals surface area contributed by atoms with Gasteiger partial charge in [0.2, 0.25) is 5.82 Å². The Balaban J connectivity index is 2.42. The number of carbonyl (C=O) groups is 2. The van der Waals surface area contributed by atoms with E-state index in [1.165, 1.54) is 13.0 Å². The van der Waals surface area contributed by atoms with Crippen LogP contribution in [-0.4, -0.2) is 12.4 Å². The quantitative estimate of drug-likeness (QED) is 0.361. The Kier molecular flexibility index (Phi) is 5.03. The van der Waals surface area contributed by atoms with Crippen molar-refractivity contribution in [1.82, 2.24) is 0 Å². The standard InChI is InChI=1S/C17H11F3O4/c1-9(2)17(22)24-14-6-5-12(15(19)16(14)20)11-4-3-10(23-8-21)7-13(11)18/h3-8H,1H2,2H3. The van der Waals surface area contributed by atoms with E-state index in [2.05, 4.69) is 16.1 Å². The van der Waals surface area contributed by atoms with Crippen molar-refractivity contribution in [2.45, 2.75) is 6.92 Å². The molecule has 0 bridgehead atoms. The largest absolute Gasteiger partial charge is 0.429 e. The first-order chi connectivity index (χ1) is 11.3. The van der Waals surface area contributed by atoms with Crippen molar-refractivity contribution in [3.8, 4) is 22.6 Å². The Bertz CT molecular complexity index is 831. The highest BCUT2D eigenvalue weighted by Gasteiger charge is 2.20. The van der Waals surface area contributed by atoms with Gasteiger partial charge in [0.05, 0.1) is 0 Å². The fourth-order valence-corrected chi connectivity index (χ4v) is 1.85. The molecular formula is C17H11F3O4. The normalized spacial score (nSPS) is 10.2. The molecule has 2 aromatic carbocycles. The van der Waals surface area contributed by atoms with Crippen LogP contribution in [0.15, 0.2) is 42.5 Å². The highest BCUT2D eigenvalue weighted by atomic mass is 19.2. The highest BCUT2D eigenvalue weighted by Crippen LogP contribution is 2.32. The molecule has 2 rings (SSSR count). The lowest BCUT2D eigenvalue weighted by Gasteiger charge is -2.10. The van der Waals surface area contributed by atoms with Gasteiger partial charge in [-0.15, -0.1) is 0 Å². The van der Waals surface area contributed by atoms with Crippen LogP contribution in [0.25, 0.3) is 11.1 Å². The summed E-state index contributed by atoms with van der Waals surface area (Å²) in [6, 6.07) is 5.28. The lowest BCUT2D eigenvalue weighted by molar-refractivity contribution is -0.130. The van der Waals surface area contributed by atoms with E-state index in [4.69, 9.17) is 0 Å². The number of halogens is 3. The minimum atomic E-state index is -1.44. The fourth-order valence-electron chi connectivity index (χ4n) is 1.85. The first-order valence-corrected chi connectivity index (χ1v) is 6.61. The second-order valence-electron chi connectivity index (χ2n) is 4.76. The summed E-state index contributed by atoms with van der Waals surface area (Å²) in [7, 11) is 0. The van der Waals surface area contributed by atoms with Crippen LogP contribution in [-0.2, 0) is 9.59 Å². The SMILES string of the molecule is C=C(C)C(=O)Oc1ccc(-c2ccc(OC=O)cc2F)c(F)c1F. The lowest BCUT2D eigenvalue weighted by Crippen LogP contribution is -2.10. The fraction of sp³-hybridized carbons (Fsp3) is 0.0588. The summed E-state index contributed by atoms with van der Waals surface area (Å²) in [5.41, 5.74) is -0.615. The van der Waals surface area contributed by atoms with Crippen LogP contribution in [0, 0.1) is 17.5 Å².